The maximum Gasteiger partial charge on any atom is 0.229 e. The van der Waals surface area contributed by atoms with Crippen LogP contribution in [-0.4, -0.2) is 43.9 Å². The first-order valence-corrected chi connectivity index (χ1v) is 6.71. The minimum atomic E-state index is -0.254. The fourth-order valence-corrected chi connectivity index (χ4v) is 1.69. The van der Waals surface area contributed by atoms with Crippen molar-refractivity contribution in [3.05, 3.63) is 35.4 Å². The van der Waals surface area contributed by atoms with Gasteiger partial charge in [-0.05, 0) is 32.1 Å². The fraction of sp³-hybridized carbons (Fsp3) is 0.467. The van der Waals surface area contributed by atoms with Crippen molar-refractivity contribution >= 4 is 11.8 Å². The van der Waals surface area contributed by atoms with Crippen molar-refractivity contribution in [2.24, 2.45) is 0 Å². The molecule has 0 atom stereocenters. The zero-order valence-electron chi connectivity index (χ0n) is 12.4. The maximum atomic E-state index is 11.7. The van der Waals surface area contributed by atoms with Crippen molar-refractivity contribution in [1.82, 2.24) is 15.5 Å². The summed E-state index contributed by atoms with van der Waals surface area (Å²) in [6, 6.07) is 7.85. The second-order valence-electron chi connectivity index (χ2n) is 5.03. The second kappa shape index (κ2) is 8.32. The average Bonchev–Trinajstić information content (AvgIpc) is 2.37. The lowest BCUT2D eigenvalue weighted by Gasteiger charge is -2.11. The zero-order chi connectivity index (χ0) is 15.0. The van der Waals surface area contributed by atoms with E-state index in [2.05, 4.69) is 10.6 Å². The van der Waals surface area contributed by atoms with Gasteiger partial charge in [0.2, 0.25) is 11.8 Å². The molecular formula is C15H23N3O2. The summed E-state index contributed by atoms with van der Waals surface area (Å²) in [7, 11) is 3.86. The van der Waals surface area contributed by atoms with Crippen LogP contribution in [0.1, 0.15) is 17.5 Å². The van der Waals surface area contributed by atoms with E-state index >= 15 is 0 Å². The number of carbonyl (C=O) groups excluding carboxylic acids is 2. The summed E-state index contributed by atoms with van der Waals surface area (Å²) in [5, 5.41) is 5.47. The molecule has 5 nitrogen and oxygen atoms in total. The largest absolute Gasteiger partial charge is 0.354 e. The SMILES string of the molecule is Cc1ccccc1CNC(=O)CC(=O)NCCN(C)C. The molecule has 0 unspecified atom stereocenters. The Bertz CT molecular complexity index is 458. The summed E-state index contributed by atoms with van der Waals surface area (Å²) < 4.78 is 0. The molecule has 0 bridgehead atoms. The van der Waals surface area contributed by atoms with Crippen LogP contribution in [0.5, 0.6) is 0 Å². The number of carbonyl (C=O) groups is 2. The molecule has 0 saturated heterocycles. The van der Waals surface area contributed by atoms with E-state index in [0.717, 1.165) is 17.7 Å². The third-order valence-corrected chi connectivity index (χ3v) is 2.94. The molecule has 0 saturated carbocycles. The highest BCUT2D eigenvalue weighted by atomic mass is 16.2. The molecule has 0 fully saturated rings. The first kappa shape index (κ1) is 16.2. The van der Waals surface area contributed by atoms with Gasteiger partial charge in [-0.25, -0.2) is 0 Å². The van der Waals surface area contributed by atoms with Crippen molar-refractivity contribution in [2.45, 2.75) is 19.9 Å². The lowest BCUT2D eigenvalue weighted by molar-refractivity contribution is -0.129. The molecule has 1 aromatic carbocycles. The van der Waals surface area contributed by atoms with Crippen LogP contribution in [0.4, 0.5) is 0 Å². The van der Waals surface area contributed by atoms with Crippen molar-refractivity contribution in [1.29, 1.82) is 0 Å². The number of rotatable bonds is 7. The first-order valence-electron chi connectivity index (χ1n) is 6.71. The Morgan fingerprint density at radius 3 is 2.40 bits per heavy atom. The van der Waals surface area contributed by atoms with Crippen LogP contribution >= 0.6 is 0 Å². The Balaban J connectivity index is 2.26. The number of amides is 2. The van der Waals surface area contributed by atoms with Gasteiger partial charge < -0.3 is 15.5 Å². The number of hydrogen-bond acceptors (Lipinski definition) is 3. The Morgan fingerprint density at radius 2 is 1.75 bits per heavy atom. The smallest absolute Gasteiger partial charge is 0.229 e. The van der Waals surface area contributed by atoms with Gasteiger partial charge in [0, 0.05) is 19.6 Å². The molecule has 1 aromatic rings. The summed E-state index contributed by atoms with van der Waals surface area (Å²) in [5.41, 5.74) is 2.19. The molecule has 0 aromatic heterocycles. The van der Waals surface area contributed by atoms with Crippen LogP contribution in [0.2, 0.25) is 0 Å². The molecule has 0 aliphatic carbocycles. The molecule has 0 aliphatic heterocycles. The highest BCUT2D eigenvalue weighted by Gasteiger charge is 2.09. The second-order valence-corrected chi connectivity index (χ2v) is 5.03. The maximum absolute atomic E-state index is 11.7. The molecule has 20 heavy (non-hydrogen) atoms. The zero-order valence-corrected chi connectivity index (χ0v) is 12.4. The lowest BCUT2D eigenvalue weighted by atomic mass is 10.1. The van der Waals surface area contributed by atoms with E-state index in [9.17, 15) is 9.59 Å². The number of likely N-dealkylation sites (N-methyl/N-ethyl adjacent to an activating group) is 1. The van der Waals surface area contributed by atoms with Crippen LogP contribution in [0.15, 0.2) is 24.3 Å². The molecular weight excluding hydrogens is 254 g/mol. The van der Waals surface area contributed by atoms with E-state index in [1.807, 2.05) is 50.2 Å². The summed E-state index contributed by atoms with van der Waals surface area (Å²) in [6.45, 7) is 3.76. The Kier molecular flexibility index (Phi) is 6.73. The molecule has 2 N–H and O–H groups in total. The molecule has 0 heterocycles. The molecule has 0 spiro atoms. The van der Waals surface area contributed by atoms with E-state index in [4.69, 9.17) is 0 Å². The van der Waals surface area contributed by atoms with Gasteiger partial charge in [-0.2, -0.15) is 0 Å². The van der Waals surface area contributed by atoms with Crippen molar-refractivity contribution in [3.63, 3.8) is 0 Å². The molecule has 1 rings (SSSR count). The van der Waals surface area contributed by atoms with Crippen LogP contribution in [-0.2, 0) is 16.1 Å². The van der Waals surface area contributed by atoms with E-state index in [1.54, 1.807) is 0 Å². The van der Waals surface area contributed by atoms with Gasteiger partial charge in [0.1, 0.15) is 6.42 Å². The van der Waals surface area contributed by atoms with E-state index in [1.165, 1.54) is 0 Å². The fourth-order valence-electron chi connectivity index (χ4n) is 1.69. The molecule has 110 valence electrons. The van der Waals surface area contributed by atoms with E-state index < -0.39 is 0 Å². The van der Waals surface area contributed by atoms with Crippen molar-refractivity contribution in [3.8, 4) is 0 Å². The van der Waals surface area contributed by atoms with Gasteiger partial charge >= 0.3 is 0 Å². The highest BCUT2D eigenvalue weighted by molar-refractivity contribution is 5.96. The standard InChI is InChI=1S/C15H23N3O2/c1-12-6-4-5-7-13(12)11-17-15(20)10-14(19)16-8-9-18(2)3/h4-7H,8-11H2,1-3H3,(H,16,19)(H,17,20). The summed E-state index contributed by atoms with van der Waals surface area (Å²) in [5.74, 6) is -0.496. The lowest BCUT2D eigenvalue weighted by Crippen LogP contribution is -2.35. The van der Waals surface area contributed by atoms with E-state index in [-0.39, 0.29) is 18.2 Å². The number of nitrogens with one attached hydrogen (secondary N) is 2. The predicted molar refractivity (Wildman–Crippen MR) is 79.2 cm³/mol. The van der Waals surface area contributed by atoms with Gasteiger partial charge in [-0.1, -0.05) is 24.3 Å². The topological polar surface area (TPSA) is 61.4 Å². The van der Waals surface area contributed by atoms with Gasteiger partial charge in [-0.3, -0.25) is 9.59 Å². The van der Waals surface area contributed by atoms with E-state index in [0.29, 0.717) is 13.1 Å². The average molecular weight is 277 g/mol. The molecule has 5 heteroatoms. The van der Waals surface area contributed by atoms with Crippen molar-refractivity contribution in [2.75, 3.05) is 27.2 Å². The van der Waals surface area contributed by atoms with Crippen LogP contribution in [0.3, 0.4) is 0 Å². The highest BCUT2D eigenvalue weighted by Crippen LogP contribution is 2.05. The summed E-state index contributed by atoms with van der Waals surface area (Å²) in [6.07, 6.45) is -0.126. The van der Waals surface area contributed by atoms with Gasteiger partial charge in [0.25, 0.3) is 0 Å². The minimum absolute atomic E-state index is 0.126. The number of hydrogen-bond donors (Lipinski definition) is 2. The third-order valence-electron chi connectivity index (χ3n) is 2.94. The Morgan fingerprint density at radius 1 is 1.10 bits per heavy atom. The van der Waals surface area contributed by atoms with Crippen LogP contribution in [0.25, 0.3) is 0 Å². The van der Waals surface area contributed by atoms with Crippen LogP contribution in [0, 0.1) is 6.92 Å². The van der Waals surface area contributed by atoms with Gasteiger partial charge in [0.05, 0.1) is 0 Å². The number of nitrogens with zero attached hydrogens (tertiary/aromatic N) is 1. The number of aryl methyl sites for hydroxylation is 1. The molecule has 0 aliphatic rings. The molecule has 2 amide bonds. The summed E-state index contributed by atoms with van der Waals surface area (Å²) in [4.78, 5) is 25.1. The van der Waals surface area contributed by atoms with Crippen molar-refractivity contribution < 1.29 is 9.59 Å². The quantitative estimate of drug-likeness (QED) is 0.721. The first-order chi connectivity index (χ1) is 9.49. The summed E-state index contributed by atoms with van der Waals surface area (Å²) >= 11 is 0. The Hall–Kier alpha value is -1.88. The minimum Gasteiger partial charge on any atom is -0.354 e. The monoisotopic (exact) mass is 277 g/mol. The Labute approximate surface area is 120 Å². The third kappa shape index (κ3) is 6.33. The predicted octanol–water partition coefficient (Wildman–Crippen LogP) is 0.679. The van der Waals surface area contributed by atoms with Gasteiger partial charge in [0.15, 0.2) is 0 Å². The van der Waals surface area contributed by atoms with Crippen LogP contribution < -0.4 is 10.6 Å². The van der Waals surface area contributed by atoms with Gasteiger partial charge in [-0.15, -0.1) is 0 Å². The molecule has 0 radical (unpaired) electrons. The number of benzene rings is 1. The normalized spacial score (nSPS) is 10.4.